The molecular weight excluding hydrogens is 228 g/mol. The molecule has 0 heterocycles. The molecule has 1 fully saturated rings. The lowest BCUT2D eigenvalue weighted by Gasteiger charge is -2.37. The predicted octanol–water partition coefficient (Wildman–Crippen LogP) is 3.44. The molecule has 0 aromatic heterocycles. The lowest BCUT2D eigenvalue weighted by atomic mass is 9.71. The number of hydrogen-bond acceptors (Lipinski definition) is 3. The van der Waals surface area contributed by atoms with Crippen LogP contribution in [0.1, 0.15) is 72.1 Å². The summed E-state index contributed by atoms with van der Waals surface area (Å²) in [7, 11) is 0. The van der Waals surface area contributed by atoms with Gasteiger partial charge in [-0.2, -0.15) is 0 Å². The smallest absolute Gasteiger partial charge is 0.312 e. The quantitative estimate of drug-likeness (QED) is 0.605. The Morgan fingerprint density at radius 1 is 1.17 bits per heavy atom. The van der Waals surface area contributed by atoms with E-state index in [1.165, 1.54) is 6.42 Å². The number of rotatable bonds is 5. The molecule has 1 rings (SSSR count). The van der Waals surface area contributed by atoms with Crippen molar-refractivity contribution < 1.29 is 14.6 Å². The minimum absolute atomic E-state index is 0.0207. The van der Waals surface area contributed by atoms with E-state index in [-0.39, 0.29) is 18.0 Å². The van der Waals surface area contributed by atoms with E-state index in [9.17, 15) is 4.79 Å². The van der Waals surface area contributed by atoms with E-state index in [0.717, 1.165) is 44.9 Å². The summed E-state index contributed by atoms with van der Waals surface area (Å²) >= 11 is 0. The molecule has 0 amide bonds. The topological polar surface area (TPSA) is 46.5 Å². The normalized spacial score (nSPS) is 19.6. The van der Waals surface area contributed by atoms with Crippen molar-refractivity contribution in [1.29, 1.82) is 0 Å². The summed E-state index contributed by atoms with van der Waals surface area (Å²) in [6.45, 7) is 5.99. The van der Waals surface area contributed by atoms with E-state index < -0.39 is 5.60 Å². The zero-order valence-electron chi connectivity index (χ0n) is 12.1. The molecular formula is C15H28O3. The van der Waals surface area contributed by atoms with Gasteiger partial charge in [0.05, 0.1) is 5.41 Å². The minimum Gasteiger partial charge on any atom is -0.460 e. The number of carbonyl (C=O) groups is 1. The molecule has 1 aliphatic rings. The maximum atomic E-state index is 12.4. The number of esters is 1. The highest BCUT2D eigenvalue weighted by Gasteiger charge is 2.41. The molecule has 0 aliphatic heterocycles. The predicted molar refractivity (Wildman–Crippen MR) is 72.3 cm³/mol. The lowest BCUT2D eigenvalue weighted by Crippen LogP contribution is -2.39. The first-order valence-electron chi connectivity index (χ1n) is 7.24. The fourth-order valence-electron chi connectivity index (χ4n) is 2.75. The van der Waals surface area contributed by atoms with Gasteiger partial charge >= 0.3 is 5.97 Å². The average Bonchev–Trinajstić information content (AvgIpc) is 2.28. The van der Waals surface area contributed by atoms with Gasteiger partial charge in [-0.1, -0.05) is 25.7 Å². The first-order chi connectivity index (χ1) is 8.40. The molecule has 0 atom stereocenters. The zero-order valence-corrected chi connectivity index (χ0v) is 12.1. The van der Waals surface area contributed by atoms with Gasteiger partial charge in [-0.3, -0.25) is 4.79 Å². The van der Waals surface area contributed by atoms with E-state index in [4.69, 9.17) is 9.84 Å². The van der Waals surface area contributed by atoms with Crippen molar-refractivity contribution >= 4 is 5.97 Å². The van der Waals surface area contributed by atoms with E-state index in [0.29, 0.717) is 0 Å². The number of aliphatic hydroxyl groups excluding tert-OH is 1. The molecule has 3 nitrogen and oxygen atoms in total. The Kier molecular flexibility index (Phi) is 5.64. The Labute approximate surface area is 111 Å². The summed E-state index contributed by atoms with van der Waals surface area (Å²) in [6, 6.07) is 0. The molecule has 0 saturated heterocycles. The van der Waals surface area contributed by atoms with Crippen LogP contribution in [0.25, 0.3) is 0 Å². The molecule has 0 radical (unpaired) electrons. The molecule has 0 unspecified atom stereocenters. The van der Waals surface area contributed by atoms with Crippen LogP contribution in [-0.2, 0) is 9.53 Å². The molecule has 106 valence electrons. The van der Waals surface area contributed by atoms with Gasteiger partial charge in [0.2, 0.25) is 0 Å². The van der Waals surface area contributed by atoms with E-state index in [2.05, 4.69) is 0 Å². The maximum absolute atomic E-state index is 12.4. The third-order valence-corrected chi connectivity index (χ3v) is 3.71. The fraction of sp³-hybridized carbons (Fsp3) is 0.933. The van der Waals surface area contributed by atoms with E-state index in [1.807, 2.05) is 20.8 Å². The second-order valence-electron chi connectivity index (χ2n) is 6.52. The van der Waals surface area contributed by atoms with E-state index in [1.54, 1.807) is 0 Å². The fourth-order valence-corrected chi connectivity index (χ4v) is 2.75. The number of unbranched alkanes of at least 4 members (excludes halogenated alkanes) is 1. The van der Waals surface area contributed by atoms with E-state index >= 15 is 0 Å². The van der Waals surface area contributed by atoms with Gasteiger partial charge in [-0.25, -0.2) is 0 Å². The number of ether oxygens (including phenoxy) is 1. The highest BCUT2D eigenvalue weighted by atomic mass is 16.6. The van der Waals surface area contributed by atoms with Gasteiger partial charge in [-0.15, -0.1) is 0 Å². The summed E-state index contributed by atoms with van der Waals surface area (Å²) in [5, 5.41) is 8.89. The van der Waals surface area contributed by atoms with Crippen LogP contribution in [0.3, 0.4) is 0 Å². The highest BCUT2D eigenvalue weighted by molar-refractivity contribution is 5.77. The molecule has 18 heavy (non-hydrogen) atoms. The average molecular weight is 256 g/mol. The summed E-state index contributed by atoms with van der Waals surface area (Å²) in [4.78, 5) is 12.4. The Balaban J connectivity index is 2.66. The second-order valence-corrected chi connectivity index (χ2v) is 6.52. The first-order valence-corrected chi connectivity index (χ1v) is 7.24. The molecule has 0 aromatic rings. The van der Waals surface area contributed by atoms with Crippen molar-refractivity contribution in [2.75, 3.05) is 6.61 Å². The molecule has 1 aliphatic carbocycles. The Bertz CT molecular complexity index is 259. The largest absolute Gasteiger partial charge is 0.460 e. The van der Waals surface area contributed by atoms with Crippen molar-refractivity contribution in [2.45, 2.75) is 77.7 Å². The molecule has 0 bridgehead atoms. The van der Waals surface area contributed by atoms with Gasteiger partial charge in [0.15, 0.2) is 0 Å². The van der Waals surface area contributed by atoms with Crippen LogP contribution in [-0.4, -0.2) is 23.3 Å². The lowest BCUT2D eigenvalue weighted by molar-refractivity contribution is -0.170. The molecule has 0 aromatic carbocycles. The summed E-state index contributed by atoms with van der Waals surface area (Å²) < 4.78 is 5.61. The van der Waals surface area contributed by atoms with Crippen molar-refractivity contribution in [1.82, 2.24) is 0 Å². The molecule has 0 spiro atoms. The van der Waals surface area contributed by atoms with Gasteiger partial charge in [0.25, 0.3) is 0 Å². The van der Waals surface area contributed by atoms with Gasteiger partial charge < -0.3 is 9.84 Å². The SMILES string of the molecule is CC(C)(C)OC(=O)C1(CCCCO)CCCCC1. The van der Waals surface area contributed by atoms with Crippen molar-refractivity contribution in [2.24, 2.45) is 5.41 Å². The van der Waals surface area contributed by atoms with Gasteiger partial charge in [0.1, 0.15) is 5.60 Å². The maximum Gasteiger partial charge on any atom is 0.312 e. The van der Waals surface area contributed by atoms with Crippen molar-refractivity contribution in [3.8, 4) is 0 Å². The van der Waals surface area contributed by atoms with Crippen molar-refractivity contribution in [3.63, 3.8) is 0 Å². The standard InChI is InChI=1S/C15H28O3/c1-14(2,3)18-13(17)15(11-7-8-12-16)9-5-4-6-10-15/h16H,4-12H2,1-3H3. The highest BCUT2D eigenvalue weighted by Crippen LogP contribution is 2.42. The van der Waals surface area contributed by atoms with Crippen LogP contribution in [0.15, 0.2) is 0 Å². The summed E-state index contributed by atoms with van der Waals surface area (Å²) in [6.07, 6.45) is 7.94. The Hall–Kier alpha value is -0.570. The number of carbonyl (C=O) groups excluding carboxylic acids is 1. The van der Waals surface area contributed by atoms with Crippen LogP contribution >= 0.6 is 0 Å². The van der Waals surface area contributed by atoms with Gasteiger partial charge in [0, 0.05) is 6.61 Å². The zero-order chi connectivity index (χ0) is 13.6. The van der Waals surface area contributed by atoms with Crippen molar-refractivity contribution in [3.05, 3.63) is 0 Å². The molecule has 3 heteroatoms. The van der Waals surface area contributed by atoms with Crippen LogP contribution < -0.4 is 0 Å². The third kappa shape index (κ3) is 4.60. The van der Waals surface area contributed by atoms with Crippen LogP contribution in [0.2, 0.25) is 0 Å². The third-order valence-electron chi connectivity index (χ3n) is 3.71. The Morgan fingerprint density at radius 2 is 1.78 bits per heavy atom. The minimum atomic E-state index is -0.404. The first kappa shape index (κ1) is 15.5. The molecule has 1 saturated carbocycles. The number of hydrogen-bond donors (Lipinski definition) is 1. The van der Waals surface area contributed by atoms with Crippen LogP contribution in [0.4, 0.5) is 0 Å². The molecule has 1 N–H and O–H groups in total. The summed E-state index contributed by atoms with van der Waals surface area (Å²) in [5.41, 5.74) is -0.681. The van der Waals surface area contributed by atoms with Gasteiger partial charge in [-0.05, 0) is 46.5 Å². The monoisotopic (exact) mass is 256 g/mol. The van der Waals surface area contributed by atoms with Crippen LogP contribution in [0.5, 0.6) is 0 Å². The van der Waals surface area contributed by atoms with Crippen LogP contribution in [0, 0.1) is 5.41 Å². The summed E-state index contributed by atoms with van der Waals surface area (Å²) in [5.74, 6) is -0.0207. The second kappa shape index (κ2) is 6.55. The number of aliphatic hydroxyl groups is 1. The Morgan fingerprint density at radius 3 is 2.28 bits per heavy atom.